The Kier molecular flexibility index (Phi) is 8.15. The van der Waals surface area contributed by atoms with Gasteiger partial charge in [0.05, 0.1) is 21.8 Å². The molecule has 0 saturated heterocycles. The van der Waals surface area contributed by atoms with Crippen LogP contribution in [0.5, 0.6) is 0 Å². The molecule has 33 heavy (non-hydrogen) atoms. The molecule has 0 bridgehead atoms. The van der Waals surface area contributed by atoms with Gasteiger partial charge in [-0.05, 0) is 64.8 Å². The van der Waals surface area contributed by atoms with E-state index in [1.807, 2.05) is 6.92 Å². The number of carbonyl (C=O) groups is 2. The molecular weight excluding hydrogens is 462 g/mol. The van der Waals surface area contributed by atoms with Gasteiger partial charge in [-0.1, -0.05) is 23.4 Å². The molecule has 3 aromatic rings. The van der Waals surface area contributed by atoms with Gasteiger partial charge in [0.15, 0.2) is 16.7 Å². The minimum Gasteiger partial charge on any atom is -0.382 e. The van der Waals surface area contributed by atoms with Crippen molar-refractivity contribution in [2.45, 2.75) is 58.0 Å². The average molecular weight is 490 g/mol. The summed E-state index contributed by atoms with van der Waals surface area (Å²) in [7, 11) is 0. The number of aromatic nitrogens is 3. The molecule has 1 atom stereocenters. The van der Waals surface area contributed by atoms with Crippen molar-refractivity contribution in [1.82, 2.24) is 14.5 Å². The third-order valence-corrected chi connectivity index (χ3v) is 6.77. The van der Waals surface area contributed by atoms with Gasteiger partial charge in [0.1, 0.15) is 0 Å². The van der Waals surface area contributed by atoms with Crippen LogP contribution in [0.2, 0.25) is 5.02 Å². The molecule has 0 saturated carbocycles. The Morgan fingerprint density at radius 2 is 2.03 bits per heavy atom. The number of hydrogen-bond acceptors (Lipinski definition) is 6. The quantitative estimate of drug-likeness (QED) is 0.187. The zero-order valence-electron chi connectivity index (χ0n) is 19.5. The third kappa shape index (κ3) is 5.39. The number of H-pyrrole nitrogens is 1. The van der Waals surface area contributed by atoms with Crippen LogP contribution in [0.25, 0.3) is 10.9 Å². The largest absolute Gasteiger partial charge is 0.382 e. The number of hydrogen-bond donors (Lipinski definition) is 1. The van der Waals surface area contributed by atoms with Gasteiger partial charge >= 0.3 is 0 Å². The first-order valence-corrected chi connectivity index (χ1v) is 12.1. The zero-order valence-corrected chi connectivity index (χ0v) is 21.0. The summed E-state index contributed by atoms with van der Waals surface area (Å²) < 4.78 is 7.01. The number of Topliss-reactive ketones (excluding diaryl/α,β-unsaturated/α-hetero) is 2. The van der Waals surface area contributed by atoms with E-state index in [0.29, 0.717) is 69.8 Å². The molecule has 0 aliphatic heterocycles. The maximum atomic E-state index is 13.3. The lowest BCUT2D eigenvalue weighted by molar-refractivity contribution is 0.0988. The molecule has 0 spiro atoms. The Balaban J connectivity index is 1.98. The van der Waals surface area contributed by atoms with Crippen LogP contribution in [0.3, 0.4) is 0 Å². The van der Waals surface area contributed by atoms with Crippen molar-refractivity contribution in [3.63, 3.8) is 0 Å². The van der Waals surface area contributed by atoms with Crippen molar-refractivity contribution in [1.29, 1.82) is 0 Å². The molecule has 1 unspecified atom stereocenters. The highest BCUT2D eigenvalue weighted by molar-refractivity contribution is 8.00. The lowest BCUT2D eigenvalue weighted by Gasteiger charge is -2.16. The standard InChI is InChI=1S/C24H28ClN3O4S/c1-6-32-11-7-10-28-23(31)18-9-8-17(25)12-19(18)27-24(28)33-16(5)22(30)21-13(2)20(15(4)29)14(3)26-21/h8-9,12,16,26H,6-7,10-11H2,1-5H3. The molecule has 3 rings (SSSR count). The number of benzene rings is 1. The first-order valence-electron chi connectivity index (χ1n) is 10.8. The minimum atomic E-state index is -0.539. The van der Waals surface area contributed by atoms with Crippen LogP contribution in [-0.4, -0.2) is 44.6 Å². The van der Waals surface area contributed by atoms with Crippen molar-refractivity contribution >= 4 is 45.8 Å². The number of rotatable bonds is 10. The number of nitrogens with one attached hydrogen (secondary N) is 1. The number of aromatic amines is 1. The van der Waals surface area contributed by atoms with Crippen LogP contribution in [-0.2, 0) is 11.3 Å². The summed E-state index contributed by atoms with van der Waals surface area (Å²) in [4.78, 5) is 46.2. The lowest BCUT2D eigenvalue weighted by Crippen LogP contribution is -2.26. The number of aryl methyl sites for hydroxylation is 1. The highest BCUT2D eigenvalue weighted by Gasteiger charge is 2.26. The Hall–Kier alpha value is -2.42. The molecule has 1 N–H and O–H groups in total. The molecule has 2 heterocycles. The fourth-order valence-corrected chi connectivity index (χ4v) is 5.03. The molecule has 0 fully saturated rings. The van der Waals surface area contributed by atoms with E-state index in [4.69, 9.17) is 16.3 Å². The first-order chi connectivity index (χ1) is 15.6. The fraction of sp³-hybridized carbons (Fsp3) is 0.417. The van der Waals surface area contributed by atoms with Crippen LogP contribution in [0.4, 0.5) is 0 Å². The summed E-state index contributed by atoms with van der Waals surface area (Å²) >= 11 is 7.34. The van der Waals surface area contributed by atoms with E-state index in [9.17, 15) is 14.4 Å². The Labute approximate surface area is 201 Å². The summed E-state index contributed by atoms with van der Waals surface area (Å²) in [6, 6.07) is 4.99. The summed E-state index contributed by atoms with van der Waals surface area (Å²) in [5.41, 5.74) is 2.58. The van der Waals surface area contributed by atoms with Crippen LogP contribution >= 0.6 is 23.4 Å². The number of ether oxygens (including phenoxy) is 1. The maximum absolute atomic E-state index is 13.3. The van der Waals surface area contributed by atoms with E-state index in [1.54, 1.807) is 43.5 Å². The predicted octanol–water partition coefficient (Wildman–Crippen LogP) is 4.99. The third-order valence-electron chi connectivity index (χ3n) is 5.44. The van der Waals surface area contributed by atoms with E-state index >= 15 is 0 Å². The number of nitrogens with zero attached hydrogens (tertiary/aromatic N) is 2. The number of carbonyl (C=O) groups excluding carboxylic acids is 2. The van der Waals surface area contributed by atoms with E-state index in [-0.39, 0.29) is 17.1 Å². The Morgan fingerprint density at radius 3 is 2.67 bits per heavy atom. The topological polar surface area (TPSA) is 94.1 Å². The maximum Gasteiger partial charge on any atom is 0.262 e. The molecule has 176 valence electrons. The fourth-order valence-electron chi connectivity index (χ4n) is 3.87. The van der Waals surface area contributed by atoms with Gasteiger partial charge in [-0.2, -0.15) is 0 Å². The van der Waals surface area contributed by atoms with Crippen LogP contribution in [0.1, 0.15) is 59.3 Å². The van der Waals surface area contributed by atoms with E-state index in [2.05, 4.69) is 9.97 Å². The summed E-state index contributed by atoms with van der Waals surface area (Å²) in [6.45, 7) is 10.3. The molecule has 1 aromatic carbocycles. The van der Waals surface area contributed by atoms with Gasteiger partial charge in [0, 0.05) is 36.0 Å². The highest BCUT2D eigenvalue weighted by atomic mass is 35.5. The van der Waals surface area contributed by atoms with Crippen molar-refractivity contribution < 1.29 is 14.3 Å². The molecule has 0 radical (unpaired) electrons. The van der Waals surface area contributed by atoms with E-state index < -0.39 is 5.25 Å². The van der Waals surface area contributed by atoms with Crippen molar-refractivity contribution in [3.05, 3.63) is 56.1 Å². The normalized spacial score (nSPS) is 12.3. The van der Waals surface area contributed by atoms with Gasteiger partial charge in [-0.3, -0.25) is 19.0 Å². The monoisotopic (exact) mass is 489 g/mol. The number of fused-ring (bicyclic) bond motifs is 1. The number of thioether (sulfide) groups is 1. The lowest BCUT2D eigenvalue weighted by atomic mass is 10.0. The molecule has 7 nitrogen and oxygen atoms in total. The van der Waals surface area contributed by atoms with Gasteiger partial charge in [-0.25, -0.2) is 4.98 Å². The second-order valence-corrected chi connectivity index (χ2v) is 9.61. The predicted molar refractivity (Wildman–Crippen MR) is 132 cm³/mol. The van der Waals surface area contributed by atoms with Crippen molar-refractivity contribution in [2.75, 3.05) is 13.2 Å². The van der Waals surface area contributed by atoms with Crippen LogP contribution in [0, 0.1) is 13.8 Å². The first kappa shape index (κ1) is 25.2. The molecule has 9 heteroatoms. The van der Waals surface area contributed by atoms with Gasteiger partial charge < -0.3 is 9.72 Å². The zero-order chi connectivity index (χ0) is 24.3. The minimum absolute atomic E-state index is 0.0863. The van der Waals surface area contributed by atoms with Crippen LogP contribution in [0.15, 0.2) is 28.2 Å². The second kappa shape index (κ2) is 10.7. The Bertz CT molecular complexity index is 1260. The van der Waals surface area contributed by atoms with Crippen molar-refractivity contribution in [3.8, 4) is 0 Å². The summed E-state index contributed by atoms with van der Waals surface area (Å²) in [5.74, 6) is -0.244. The molecule has 0 aliphatic rings. The SMILES string of the molecule is CCOCCCn1c(SC(C)C(=O)c2[nH]c(C)c(C(C)=O)c2C)nc2cc(Cl)ccc2c1=O. The smallest absolute Gasteiger partial charge is 0.262 e. The van der Waals surface area contributed by atoms with Gasteiger partial charge in [0.25, 0.3) is 5.56 Å². The molecule has 0 aliphatic carbocycles. The number of ketones is 2. The average Bonchev–Trinajstić information content (AvgIpc) is 3.06. The van der Waals surface area contributed by atoms with Crippen molar-refractivity contribution in [2.24, 2.45) is 0 Å². The van der Waals surface area contributed by atoms with Gasteiger partial charge in [-0.15, -0.1) is 0 Å². The highest BCUT2D eigenvalue weighted by Crippen LogP contribution is 2.28. The molecule has 0 amide bonds. The summed E-state index contributed by atoms with van der Waals surface area (Å²) in [5, 5.41) is 0.863. The number of halogens is 1. The van der Waals surface area contributed by atoms with E-state index in [1.165, 1.54) is 18.7 Å². The van der Waals surface area contributed by atoms with Crippen LogP contribution < -0.4 is 5.56 Å². The molecular formula is C24H28ClN3O4S. The summed E-state index contributed by atoms with van der Waals surface area (Å²) in [6.07, 6.45) is 0.640. The second-order valence-electron chi connectivity index (χ2n) is 7.87. The Morgan fingerprint density at radius 1 is 1.30 bits per heavy atom. The van der Waals surface area contributed by atoms with Gasteiger partial charge in [0.2, 0.25) is 0 Å². The molecule has 2 aromatic heterocycles. The van der Waals surface area contributed by atoms with E-state index in [0.717, 1.165) is 0 Å².